The van der Waals surface area contributed by atoms with Crippen molar-refractivity contribution in [3.63, 3.8) is 0 Å². The zero-order valence-electron chi connectivity index (χ0n) is 15.1. The number of hydrogen-bond donors (Lipinski definition) is 2. The molecule has 0 aliphatic heterocycles. The summed E-state index contributed by atoms with van der Waals surface area (Å²) in [5.74, 6) is -0.0957. The van der Waals surface area contributed by atoms with E-state index in [1.165, 1.54) is 19.3 Å². The Bertz CT molecular complexity index is 402. The van der Waals surface area contributed by atoms with Gasteiger partial charge in [0.2, 0.25) is 0 Å². The normalized spacial score (nSPS) is 22.3. The summed E-state index contributed by atoms with van der Waals surface area (Å²) in [7, 11) is 0. The fraction of sp³-hybridized carbons (Fsp3) is 0.800. The summed E-state index contributed by atoms with van der Waals surface area (Å²) >= 11 is 0. The molecule has 0 aromatic carbocycles. The molecule has 1 aliphatic carbocycles. The van der Waals surface area contributed by atoms with Crippen LogP contribution >= 0.6 is 0 Å². The van der Waals surface area contributed by atoms with E-state index in [0.29, 0.717) is 18.6 Å². The van der Waals surface area contributed by atoms with Gasteiger partial charge in [-0.3, -0.25) is 9.59 Å². The van der Waals surface area contributed by atoms with Gasteiger partial charge in [-0.05, 0) is 31.6 Å². The Morgan fingerprint density at radius 3 is 2.67 bits per heavy atom. The van der Waals surface area contributed by atoms with Crippen molar-refractivity contribution in [1.29, 1.82) is 0 Å². The second-order valence-corrected chi connectivity index (χ2v) is 7.07. The van der Waals surface area contributed by atoms with Crippen molar-refractivity contribution in [2.24, 2.45) is 11.8 Å². The van der Waals surface area contributed by atoms with E-state index in [1.54, 1.807) is 0 Å². The van der Waals surface area contributed by atoms with E-state index in [4.69, 9.17) is 5.11 Å². The van der Waals surface area contributed by atoms with Crippen molar-refractivity contribution >= 4 is 11.8 Å². The van der Waals surface area contributed by atoms with Gasteiger partial charge in [-0.2, -0.15) is 0 Å². The topological polar surface area (TPSA) is 74.6 Å². The summed E-state index contributed by atoms with van der Waals surface area (Å²) in [6, 6.07) is 0. The molecular weight excluding hydrogens is 304 g/mol. The van der Waals surface area contributed by atoms with E-state index in [9.17, 15) is 14.7 Å². The van der Waals surface area contributed by atoms with Gasteiger partial charge in [0.25, 0.3) is 0 Å². The van der Waals surface area contributed by atoms with Crippen molar-refractivity contribution in [3.8, 4) is 0 Å². The number of Topliss-reactive ketones (excluding diaryl/α,β-unsaturated/α-hetero) is 1. The van der Waals surface area contributed by atoms with Crippen LogP contribution in [0.1, 0.15) is 84.0 Å². The average molecular weight is 338 g/mol. The van der Waals surface area contributed by atoms with Gasteiger partial charge in [0.15, 0.2) is 0 Å². The molecule has 1 aliphatic rings. The molecular formula is C20H34O4. The molecule has 4 nitrogen and oxygen atoms in total. The molecule has 138 valence electrons. The number of carbonyl (C=O) groups is 2. The first kappa shape index (κ1) is 20.9. The van der Waals surface area contributed by atoms with Gasteiger partial charge in [-0.25, -0.2) is 0 Å². The predicted octanol–water partition coefficient (Wildman–Crippen LogP) is 4.50. The van der Waals surface area contributed by atoms with Gasteiger partial charge >= 0.3 is 5.97 Å². The van der Waals surface area contributed by atoms with Crippen molar-refractivity contribution in [3.05, 3.63) is 12.2 Å². The van der Waals surface area contributed by atoms with Crippen LogP contribution in [0, 0.1) is 11.8 Å². The van der Waals surface area contributed by atoms with Gasteiger partial charge in [0, 0.05) is 18.8 Å². The van der Waals surface area contributed by atoms with E-state index >= 15 is 0 Å². The molecule has 0 saturated heterocycles. The highest BCUT2D eigenvalue weighted by Gasteiger charge is 2.32. The lowest BCUT2D eigenvalue weighted by Crippen LogP contribution is -2.14. The first-order valence-electron chi connectivity index (χ1n) is 9.65. The number of carboxylic acid groups (broad SMARTS) is 1. The summed E-state index contributed by atoms with van der Waals surface area (Å²) in [5.41, 5.74) is 0. The molecule has 0 heterocycles. The van der Waals surface area contributed by atoms with E-state index < -0.39 is 12.1 Å². The van der Waals surface area contributed by atoms with Gasteiger partial charge in [-0.1, -0.05) is 57.6 Å². The lowest BCUT2D eigenvalue weighted by Gasteiger charge is -2.15. The van der Waals surface area contributed by atoms with Crippen LogP contribution in [0.25, 0.3) is 0 Å². The predicted molar refractivity (Wildman–Crippen MR) is 95.8 cm³/mol. The fourth-order valence-electron chi connectivity index (χ4n) is 3.50. The molecule has 1 saturated carbocycles. The van der Waals surface area contributed by atoms with Crippen LogP contribution in [-0.4, -0.2) is 28.1 Å². The molecule has 0 spiro atoms. The van der Waals surface area contributed by atoms with Gasteiger partial charge in [0.05, 0.1) is 6.10 Å². The number of aliphatic hydroxyl groups is 1. The number of aliphatic hydroxyl groups excluding tert-OH is 1. The third-order valence-electron chi connectivity index (χ3n) is 4.99. The molecule has 0 bridgehead atoms. The zero-order chi connectivity index (χ0) is 17.8. The van der Waals surface area contributed by atoms with Crippen LogP contribution in [-0.2, 0) is 9.59 Å². The van der Waals surface area contributed by atoms with Crippen LogP contribution in [0.2, 0.25) is 0 Å². The third-order valence-corrected chi connectivity index (χ3v) is 4.99. The minimum absolute atomic E-state index is 0.0679. The Morgan fingerprint density at radius 2 is 1.96 bits per heavy atom. The maximum atomic E-state index is 12.1. The maximum Gasteiger partial charge on any atom is 0.303 e. The number of unbranched alkanes of at least 4 members (excludes halogenated alkanes) is 5. The molecule has 0 aromatic rings. The van der Waals surface area contributed by atoms with Crippen molar-refractivity contribution < 1.29 is 19.8 Å². The SMILES string of the molecule is CCCCCCC(O)C=CC1CCC(=O)C1CCCCCC(=O)O. The molecule has 4 heteroatoms. The summed E-state index contributed by atoms with van der Waals surface area (Å²) in [5, 5.41) is 18.7. The summed E-state index contributed by atoms with van der Waals surface area (Å²) in [6.07, 6.45) is 14.0. The Labute approximate surface area is 146 Å². The summed E-state index contributed by atoms with van der Waals surface area (Å²) in [4.78, 5) is 22.6. The second kappa shape index (κ2) is 12.2. The number of rotatable bonds is 13. The highest BCUT2D eigenvalue weighted by Crippen LogP contribution is 2.34. The maximum absolute atomic E-state index is 12.1. The first-order valence-corrected chi connectivity index (χ1v) is 9.65. The van der Waals surface area contributed by atoms with E-state index in [0.717, 1.165) is 38.5 Å². The smallest absolute Gasteiger partial charge is 0.303 e. The molecule has 3 atom stereocenters. The molecule has 2 N–H and O–H groups in total. The standard InChI is InChI=1S/C20H34O4/c1-2-3-4-6-9-17(21)14-12-16-13-15-19(22)18(16)10-7-5-8-11-20(23)24/h12,14,16-18,21H,2-11,13,15H2,1H3,(H,23,24). The van der Waals surface area contributed by atoms with Crippen LogP contribution in [0.5, 0.6) is 0 Å². The van der Waals surface area contributed by atoms with Crippen LogP contribution in [0.3, 0.4) is 0 Å². The number of allylic oxidation sites excluding steroid dienone is 1. The molecule has 3 unspecified atom stereocenters. The summed E-state index contributed by atoms with van der Waals surface area (Å²) in [6.45, 7) is 2.18. The highest BCUT2D eigenvalue weighted by molar-refractivity contribution is 5.83. The fourth-order valence-corrected chi connectivity index (χ4v) is 3.50. The highest BCUT2D eigenvalue weighted by atomic mass is 16.4. The van der Waals surface area contributed by atoms with E-state index in [-0.39, 0.29) is 18.3 Å². The van der Waals surface area contributed by atoms with E-state index in [1.807, 2.05) is 6.08 Å². The first-order chi connectivity index (χ1) is 11.5. The number of carbonyl (C=O) groups excluding carboxylic acids is 1. The molecule has 0 radical (unpaired) electrons. The zero-order valence-corrected chi connectivity index (χ0v) is 15.1. The van der Waals surface area contributed by atoms with Crippen LogP contribution in [0.15, 0.2) is 12.2 Å². The molecule has 0 aromatic heterocycles. The van der Waals surface area contributed by atoms with Crippen molar-refractivity contribution in [2.45, 2.75) is 90.1 Å². The Morgan fingerprint density at radius 1 is 1.21 bits per heavy atom. The van der Waals surface area contributed by atoms with Gasteiger partial charge in [0.1, 0.15) is 5.78 Å². The number of hydrogen-bond acceptors (Lipinski definition) is 3. The third kappa shape index (κ3) is 8.62. The Hall–Kier alpha value is -1.16. The number of ketones is 1. The Balaban J connectivity index is 2.30. The number of carboxylic acids is 1. The van der Waals surface area contributed by atoms with E-state index in [2.05, 4.69) is 13.0 Å². The van der Waals surface area contributed by atoms with Gasteiger partial charge in [-0.15, -0.1) is 0 Å². The van der Waals surface area contributed by atoms with Crippen molar-refractivity contribution in [2.75, 3.05) is 0 Å². The minimum Gasteiger partial charge on any atom is -0.481 e. The van der Waals surface area contributed by atoms with Crippen molar-refractivity contribution in [1.82, 2.24) is 0 Å². The summed E-state index contributed by atoms with van der Waals surface area (Å²) < 4.78 is 0. The lowest BCUT2D eigenvalue weighted by atomic mass is 9.89. The average Bonchev–Trinajstić information content (AvgIpc) is 2.89. The quantitative estimate of drug-likeness (QED) is 0.383. The number of aliphatic carboxylic acids is 1. The second-order valence-electron chi connectivity index (χ2n) is 7.07. The molecule has 24 heavy (non-hydrogen) atoms. The minimum atomic E-state index is -0.749. The van der Waals surface area contributed by atoms with Gasteiger partial charge < -0.3 is 10.2 Å². The largest absolute Gasteiger partial charge is 0.481 e. The molecule has 1 rings (SSSR count). The van der Waals surface area contributed by atoms with Crippen LogP contribution < -0.4 is 0 Å². The molecule has 0 amide bonds. The van der Waals surface area contributed by atoms with Crippen LogP contribution in [0.4, 0.5) is 0 Å². The lowest BCUT2D eigenvalue weighted by molar-refractivity contribution is -0.137. The monoisotopic (exact) mass is 338 g/mol. The Kier molecular flexibility index (Phi) is 10.6. The molecule has 1 fully saturated rings.